The Morgan fingerprint density at radius 2 is 1.58 bits per heavy atom. The molecule has 3 fully saturated rings. The molecule has 0 unspecified atom stereocenters. The Bertz CT molecular complexity index is 761. The molecule has 3 heterocycles. The van der Waals surface area contributed by atoms with E-state index in [1.54, 1.807) is 29.2 Å². The molecule has 7 nitrogen and oxygen atoms in total. The molecule has 0 saturated carbocycles. The van der Waals surface area contributed by atoms with Crippen molar-refractivity contribution in [2.75, 3.05) is 37.7 Å². The lowest BCUT2D eigenvalue weighted by molar-refractivity contribution is -0.280. The number of hydrogen-bond acceptors (Lipinski definition) is 5. The molecule has 4 rings (SSSR count). The Labute approximate surface area is 153 Å². The van der Waals surface area contributed by atoms with Gasteiger partial charge in [0, 0.05) is 44.6 Å². The second kappa shape index (κ2) is 6.92. The number of nitrogens with zero attached hydrogens (tertiary/aromatic N) is 2. The van der Waals surface area contributed by atoms with Crippen molar-refractivity contribution in [2.45, 2.75) is 42.8 Å². The van der Waals surface area contributed by atoms with E-state index < -0.39 is 15.8 Å². The van der Waals surface area contributed by atoms with Crippen molar-refractivity contribution in [2.24, 2.45) is 0 Å². The third-order valence-electron chi connectivity index (χ3n) is 5.36. The van der Waals surface area contributed by atoms with E-state index in [0.29, 0.717) is 52.1 Å². The summed E-state index contributed by atoms with van der Waals surface area (Å²) in [5.41, 5.74) is 0.757. The number of rotatable bonds is 3. The molecule has 3 saturated heterocycles. The molecule has 142 valence electrons. The molecule has 1 spiro atoms. The van der Waals surface area contributed by atoms with Crippen molar-refractivity contribution in [3.8, 4) is 0 Å². The lowest BCUT2D eigenvalue weighted by Crippen LogP contribution is -2.51. The average molecular weight is 380 g/mol. The van der Waals surface area contributed by atoms with E-state index >= 15 is 0 Å². The van der Waals surface area contributed by atoms with Gasteiger partial charge in [0.15, 0.2) is 5.79 Å². The highest BCUT2D eigenvalue weighted by molar-refractivity contribution is 7.89. The van der Waals surface area contributed by atoms with E-state index in [0.717, 1.165) is 18.5 Å². The maximum absolute atomic E-state index is 12.9. The number of carbonyl (C=O) groups is 1. The number of piperidine rings is 1. The van der Waals surface area contributed by atoms with Crippen molar-refractivity contribution in [3.05, 3.63) is 24.3 Å². The van der Waals surface area contributed by atoms with Crippen molar-refractivity contribution in [3.63, 3.8) is 0 Å². The molecule has 3 aliphatic rings. The topological polar surface area (TPSA) is 76.2 Å². The number of carbonyl (C=O) groups excluding carboxylic acids is 1. The standard InChI is InChI=1S/C18H24N2O5S/c21-17-3-1-10-20(17)15-4-6-16(7-5-15)26(22,23)19-11-8-18(9-12-19)24-13-2-14-25-18/h4-7H,1-3,8-14H2. The third kappa shape index (κ3) is 3.26. The van der Waals surface area contributed by atoms with Gasteiger partial charge in [-0.3, -0.25) is 4.79 Å². The number of benzene rings is 1. The molecule has 0 bridgehead atoms. The lowest BCUT2D eigenvalue weighted by atomic mass is 10.0. The van der Waals surface area contributed by atoms with Crippen LogP contribution in [0.3, 0.4) is 0 Å². The van der Waals surface area contributed by atoms with Crippen LogP contribution in [0, 0.1) is 0 Å². The molecular formula is C18H24N2O5S. The van der Waals surface area contributed by atoms with Crippen LogP contribution in [0.15, 0.2) is 29.2 Å². The highest BCUT2D eigenvalue weighted by Gasteiger charge is 2.41. The van der Waals surface area contributed by atoms with Crippen LogP contribution in [-0.2, 0) is 24.3 Å². The van der Waals surface area contributed by atoms with Crippen LogP contribution < -0.4 is 4.90 Å². The summed E-state index contributed by atoms with van der Waals surface area (Å²) in [5, 5.41) is 0. The average Bonchev–Trinajstić information content (AvgIpc) is 3.09. The van der Waals surface area contributed by atoms with Gasteiger partial charge in [0.2, 0.25) is 15.9 Å². The maximum Gasteiger partial charge on any atom is 0.243 e. The van der Waals surface area contributed by atoms with E-state index in [1.165, 1.54) is 4.31 Å². The molecule has 0 aliphatic carbocycles. The quantitative estimate of drug-likeness (QED) is 0.798. The van der Waals surface area contributed by atoms with Gasteiger partial charge in [-0.25, -0.2) is 8.42 Å². The number of sulfonamides is 1. The van der Waals surface area contributed by atoms with Gasteiger partial charge in [0.05, 0.1) is 18.1 Å². The first-order valence-electron chi connectivity index (χ1n) is 9.19. The summed E-state index contributed by atoms with van der Waals surface area (Å²) in [6.07, 6.45) is 3.38. The van der Waals surface area contributed by atoms with Gasteiger partial charge in [0.1, 0.15) is 0 Å². The van der Waals surface area contributed by atoms with E-state index in [2.05, 4.69) is 0 Å². The van der Waals surface area contributed by atoms with Gasteiger partial charge in [-0.15, -0.1) is 0 Å². The van der Waals surface area contributed by atoms with Crippen LogP contribution in [0.4, 0.5) is 5.69 Å². The first kappa shape index (κ1) is 17.9. The van der Waals surface area contributed by atoms with Crippen molar-refractivity contribution in [1.29, 1.82) is 0 Å². The predicted octanol–water partition coefficient (Wildman–Crippen LogP) is 1.73. The summed E-state index contributed by atoms with van der Waals surface area (Å²) in [7, 11) is -3.55. The molecular weight excluding hydrogens is 356 g/mol. The minimum absolute atomic E-state index is 0.0921. The first-order chi connectivity index (χ1) is 12.5. The van der Waals surface area contributed by atoms with Crippen molar-refractivity contribution >= 4 is 21.6 Å². The van der Waals surface area contributed by atoms with E-state index in [1.807, 2.05) is 0 Å². The van der Waals surface area contributed by atoms with Crippen LogP contribution in [0.2, 0.25) is 0 Å². The molecule has 26 heavy (non-hydrogen) atoms. The first-order valence-corrected chi connectivity index (χ1v) is 10.6. The van der Waals surface area contributed by atoms with E-state index in [4.69, 9.17) is 9.47 Å². The van der Waals surface area contributed by atoms with Gasteiger partial charge in [-0.05, 0) is 37.1 Å². The summed E-state index contributed by atoms with van der Waals surface area (Å²) < 4.78 is 38.9. The Morgan fingerprint density at radius 1 is 0.923 bits per heavy atom. The summed E-state index contributed by atoms with van der Waals surface area (Å²) in [5.74, 6) is -0.515. The Hall–Kier alpha value is -1.48. The van der Waals surface area contributed by atoms with Gasteiger partial charge in [-0.1, -0.05) is 0 Å². The Morgan fingerprint density at radius 3 is 2.15 bits per heavy atom. The fourth-order valence-electron chi connectivity index (χ4n) is 3.84. The Balaban J connectivity index is 1.46. The van der Waals surface area contributed by atoms with E-state index in [9.17, 15) is 13.2 Å². The fourth-order valence-corrected chi connectivity index (χ4v) is 5.28. The zero-order valence-corrected chi connectivity index (χ0v) is 15.5. The molecule has 1 aromatic rings. The summed E-state index contributed by atoms with van der Waals surface area (Å²) in [6.45, 7) is 2.80. The maximum atomic E-state index is 12.9. The van der Waals surface area contributed by atoms with E-state index in [-0.39, 0.29) is 10.8 Å². The van der Waals surface area contributed by atoms with Crippen molar-refractivity contribution in [1.82, 2.24) is 4.31 Å². The number of ether oxygens (including phenoxy) is 2. The summed E-state index contributed by atoms with van der Waals surface area (Å²) in [6, 6.07) is 6.62. The van der Waals surface area contributed by atoms with Gasteiger partial charge < -0.3 is 14.4 Å². The molecule has 3 aliphatic heterocycles. The predicted molar refractivity (Wildman–Crippen MR) is 95.3 cm³/mol. The van der Waals surface area contributed by atoms with Crippen LogP contribution in [-0.4, -0.2) is 57.3 Å². The van der Waals surface area contributed by atoms with Crippen LogP contribution >= 0.6 is 0 Å². The van der Waals surface area contributed by atoms with Crippen LogP contribution in [0.25, 0.3) is 0 Å². The summed E-state index contributed by atoms with van der Waals surface area (Å²) >= 11 is 0. The molecule has 1 aromatic carbocycles. The molecule has 0 atom stereocenters. The molecule has 1 amide bonds. The van der Waals surface area contributed by atoms with Crippen molar-refractivity contribution < 1.29 is 22.7 Å². The second-order valence-electron chi connectivity index (χ2n) is 7.01. The molecule has 0 aromatic heterocycles. The summed E-state index contributed by atoms with van der Waals surface area (Å²) in [4.78, 5) is 13.8. The molecule has 0 radical (unpaired) electrons. The fraction of sp³-hybridized carbons (Fsp3) is 0.611. The Kier molecular flexibility index (Phi) is 4.77. The van der Waals surface area contributed by atoms with Crippen LogP contribution in [0.5, 0.6) is 0 Å². The van der Waals surface area contributed by atoms with Gasteiger partial charge in [0.25, 0.3) is 0 Å². The zero-order chi connectivity index (χ0) is 18.2. The smallest absolute Gasteiger partial charge is 0.243 e. The SMILES string of the molecule is O=C1CCCN1c1ccc(S(=O)(=O)N2CCC3(CC2)OCCCO3)cc1. The minimum atomic E-state index is -3.55. The normalized spacial score (nSPS) is 24.3. The number of anilines is 1. The number of amides is 1. The minimum Gasteiger partial charge on any atom is -0.350 e. The zero-order valence-electron chi connectivity index (χ0n) is 14.7. The van der Waals surface area contributed by atoms with Gasteiger partial charge in [-0.2, -0.15) is 4.31 Å². The largest absolute Gasteiger partial charge is 0.350 e. The van der Waals surface area contributed by atoms with Gasteiger partial charge >= 0.3 is 0 Å². The lowest BCUT2D eigenvalue weighted by Gasteiger charge is -2.42. The third-order valence-corrected chi connectivity index (χ3v) is 7.28. The number of hydrogen-bond donors (Lipinski definition) is 0. The highest BCUT2D eigenvalue weighted by Crippen LogP contribution is 2.33. The molecule has 8 heteroatoms. The van der Waals surface area contributed by atoms with Crippen LogP contribution in [0.1, 0.15) is 32.1 Å². The monoisotopic (exact) mass is 380 g/mol. The highest BCUT2D eigenvalue weighted by atomic mass is 32.2. The second-order valence-corrected chi connectivity index (χ2v) is 8.95. The molecule has 0 N–H and O–H groups in total.